The summed E-state index contributed by atoms with van der Waals surface area (Å²) in [6.07, 6.45) is 6.69. The van der Waals surface area contributed by atoms with Gasteiger partial charge in [0, 0.05) is 19.1 Å². The standard InChI is InChI=1S/C17H15N3O5S2/c1-3-8-19-12-5-4-11(27(2,24)25)9-13(12)26-17(19)18-14(21)10-20-15(22)6-7-16(20)23/h1,4-5,9H,6-8,10H2,2H3. The number of hydrogen-bond donors (Lipinski definition) is 0. The summed E-state index contributed by atoms with van der Waals surface area (Å²) in [6, 6.07) is 4.57. The number of hydrogen-bond acceptors (Lipinski definition) is 6. The fraction of sp³-hybridized carbons (Fsp3) is 0.294. The summed E-state index contributed by atoms with van der Waals surface area (Å²) >= 11 is 1.11. The van der Waals surface area contributed by atoms with E-state index in [1.165, 1.54) is 12.1 Å². The number of nitrogens with zero attached hydrogens (tertiary/aromatic N) is 3. The lowest BCUT2D eigenvalue weighted by atomic mass is 10.3. The van der Waals surface area contributed by atoms with Gasteiger partial charge in [-0.2, -0.15) is 4.99 Å². The molecular weight excluding hydrogens is 390 g/mol. The zero-order chi connectivity index (χ0) is 19.8. The fourth-order valence-corrected chi connectivity index (χ4v) is 4.50. The Bertz CT molecular complexity index is 1170. The lowest BCUT2D eigenvalue weighted by Crippen LogP contribution is -2.34. The number of fused-ring (bicyclic) bond motifs is 1. The van der Waals surface area contributed by atoms with E-state index in [4.69, 9.17) is 6.42 Å². The van der Waals surface area contributed by atoms with Crippen molar-refractivity contribution >= 4 is 49.1 Å². The van der Waals surface area contributed by atoms with Gasteiger partial charge in [0.2, 0.25) is 11.8 Å². The zero-order valence-corrected chi connectivity index (χ0v) is 16.0. The number of amides is 3. The topological polar surface area (TPSA) is 106 Å². The molecule has 0 unspecified atom stereocenters. The second-order valence-corrected chi connectivity index (χ2v) is 8.98. The van der Waals surface area contributed by atoms with Crippen molar-refractivity contribution in [1.82, 2.24) is 9.47 Å². The molecular formula is C17H15N3O5S2. The Morgan fingerprint density at radius 1 is 1.30 bits per heavy atom. The van der Waals surface area contributed by atoms with Crippen LogP contribution in [0.5, 0.6) is 0 Å². The van der Waals surface area contributed by atoms with Crippen LogP contribution in [0.2, 0.25) is 0 Å². The molecule has 3 rings (SSSR count). The van der Waals surface area contributed by atoms with Crippen LogP contribution in [0.3, 0.4) is 0 Å². The van der Waals surface area contributed by atoms with Crippen molar-refractivity contribution in [3.05, 3.63) is 23.0 Å². The maximum Gasteiger partial charge on any atom is 0.268 e. The molecule has 0 radical (unpaired) electrons. The van der Waals surface area contributed by atoms with Crippen LogP contribution in [0.25, 0.3) is 10.2 Å². The van der Waals surface area contributed by atoms with Crippen LogP contribution in [0.15, 0.2) is 28.1 Å². The average Bonchev–Trinajstić information content (AvgIpc) is 3.08. The van der Waals surface area contributed by atoms with Crippen molar-refractivity contribution in [2.75, 3.05) is 12.8 Å². The summed E-state index contributed by atoms with van der Waals surface area (Å²) < 4.78 is 25.7. The van der Waals surface area contributed by atoms with Gasteiger partial charge in [-0.15, -0.1) is 6.42 Å². The van der Waals surface area contributed by atoms with Crippen LogP contribution < -0.4 is 4.80 Å². The zero-order valence-electron chi connectivity index (χ0n) is 14.3. The Morgan fingerprint density at radius 2 is 1.96 bits per heavy atom. The molecule has 3 amide bonds. The van der Waals surface area contributed by atoms with E-state index in [0.29, 0.717) is 10.2 Å². The number of sulfone groups is 1. The number of aromatic nitrogens is 1. The van der Waals surface area contributed by atoms with Crippen LogP contribution in [-0.2, 0) is 30.8 Å². The first-order chi connectivity index (χ1) is 12.7. The molecule has 0 aliphatic carbocycles. The summed E-state index contributed by atoms with van der Waals surface area (Å²) in [4.78, 5) is 40.8. The number of rotatable bonds is 4. The van der Waals surface area contributed by atoms with Crippen LogP contribution in [-0.4, -0.2) is 48.4 Å². The monoisotopic (exact) mass is 405 g/mol. The molecule has 2 aromatic rings. The SMILES string of the molecule is C#CCn1c(=NC(=O)CN2C(=O)CCC2=O)sc2cc(S(C)(=O)=O)ccc21. The van der Waals surface area contributed by atoms with Crippen LogP contribution >= 0.6 is 11.3 Å². The van der Waals surface area contributed by atoms with Crippen molar-refractivity contribution in [2.24, 2.45) is 4.99 Å². The van der Waals surface area contributed by atoms with Crippen molar-refractivity contribution < 1.29 is 22.8 Å². The summed E-state index contributed by atoms with van der Waals surface area (Å²) in [7, 11) is -3.38. The van der Waals surface area contributed by atoms with E-state index in [2.05, 4.69) is 10.9 Å². The number of carbonyl (C=O) groups is 3. The summed E-state index contributed by atoms with van der Waals surface area (Å²) in [5.41, 5.74) is 0.644. The van der Waals surface area contributed by atoms with Crippen molar-refractivity contribution in [3.8, 4) is 12.3 Å². The average molecular weight is 405 g/mol. The van der Waals surface area contributed by atoms with Crippen LogP contribution in [0.1, 0.15) is 12.8 Å². The molecule has 10 heteroatoms. The van der Waals surface area contributed by atoms with Crippen molar-refractivity contribution in [3.63, 3.8) is 0 Å². The summed E-state index contributed by atoms with van der Waals surface area (Å²) in [5, 5.41) is 0. The molecule has 0 spiro atoms. The first kappa shape index (κ1) is 19.0. The second kappa shape index (κ2) is 7.09. The van der Waals surface area contributed by atoms with E-state index in [9.17, 15) is 22.8 Å². The van der Waals surface area contributed by atoms with Crippen LogP contribution in [0.4, 0.5) is 0 Å². The minimum absolute atomic E-state index is 0.0976. The van der Waals surface area contributed by atoms with Gasteiger partial charge in [-0.25, -0.2) is 8.42 Å². The number of carbonyl (C=O) groups excluding carboxylic acids is 3. The smallest absolute Gasteiger partial charge is 0.268 e. The molecule has 0 atom stereocenters. The number of benzene rings is 1. The summed E-state index contributed by atoms with van der Waals surface area (Å²) in [5.74, 6) is 1.03. The highest BCUT2D eigenvalue weighted by Crippen LogP contribution is 2.22. The van der Waals surface area contributed by atoms with Crippen molar-refractivity contribution in [2.45, 2.75) is 24.3 Å². The highest BCUT2D eigenvalue weighted by atomic mass is 32.2. The molecule has 140 valence electrons. The molecule has 2 heterocycles. The Hall–Kier alpha value is -2.77. The second-order valence-electron chi connectivity index (χ2n) is 5.96. The molecule has 0 saturated carbocycles. The van der Waals surface area contributed by atoms with Gasteiger partial charge in [0.25, 0.3) is 5.91 Å². The first-order valence-electron chi connectivity index (χ1n) is 7.88. The van der Waals surface area contributed by atoms with E-state index in [1.54, 1.807) is 10.6 Å². The van der Waals surface area contributed by atoms with Gasteiger partial charge in [0.05, 0.1) is 21.7 Å². The fourth-order valence-electron chi connectivity index (χ4n) is 2.69. The van der Waals surface area contributed by atoms with Gasteiger partial charge in [-0.1, -0.05) is 17.3 Å². The number of terminal acetylenes is 1. The predicted molar refractivity (Wildman–Crippen MR) is 98.3 cm³/mol. The molecule has 27 heavy (non-hydrogen) atoms. The highest BCUT2D eigenvalue weighted by Gasteiger charge is 2.30. The van der Waals surface area contributed by atoms with E-state index < -0.39 is 34.1 Å². The Kier molecular flexibility index (Phi) is 4.99. The molecule has 1 saturated heterocycles. The normalized spacial score (nSPS) is 15.6. The van der Waals surface area contributed by atoms with E-state index in [-0.39, 0.29) is 29.1 Å². The molecule has 1 aliphatic rings. The number of likely N-dealkylation sites (tertiary alicyclic amines) is 1. The van der Waals surface area contributed by atoms with E-state index >= 15 is 0 Å². The third-order valence-corrected chi connectivity index (χ3v) is 6.15. The summed E-state index contributed by atoms with van der Waals surface area (Å²) in [6.45, 7) is -0.289. The third kappa shape index (κ3) is 3.84. The third-order valence-electron chi connectivity index (χ3n) is 4.00. The lowest BCUT2D eigenvalue weighted by Gasteiger charge is -2.10. The number of thiazole rings is 1. The molecule has 8 nitrogen and oxygen atoms in total. The van der Waals surface area contributed by atoms with Gasteiger partial charge in [0.1, 0.15) is 6.54 Å². The van der Waals surface area contributed by atoms with Gasteiger partial charge in [0.15, 0.2) is 14.6 Å². The van der Waals surface area contributed by atoms with Gasteiger partial charge >= 0.3 is 0 Å². The first-order valence-corrected chi connectivity index (χ1v) is 10.6. The van der Waals surface area contributed by atoms with Gasteiger partial charge in [-0.05, 0) is 18.2 Å². The lowest BCUT2D eigenvalue weighted by molar-refractivity contribution is -0.141. The minimum Gasteiger partial charge on any atom is -0.305 e. The van der Waals surface area contributed by atoms with Crippen LogP contribution in [0, 0.1) is 12.3 Å². The molecule has 1 fully saturated rings. The Balaban J connectivity index is 2.04. The van der Waals surface area contributed by atoms with E-state index in [0.717, 1.165) is 22.5 Å². The maximum atomic E-state index is 12.3. The highest BCUT2D eigenvalue weighted by molar-refractivity contribution is 7.90. The molecule has 0 bridgehead atoms. The van der Waals surface area contributed by atoms with Gasteiger partial charge < -0.3 is 4.57 Å². The molecule has 1 aliphatic heterocycles. The Labute approximate surface area is 159 Å². The Morgan fingerprint density at radius 3 is 2.56 bits per heavy atom. The maximum absolute atomic E-state index is 12.3. The molecule has 1 aromatic heterocycles. The quantitative estimate of drug-likeness (QED) is 0.538. The molecule has 0 N–H and O–H groups in total. The van der Waals surface area contributed by atoms with Crippen molar-refractivity contribution in [1.29, 1.82) is 0 Å². The molecule has 1 aromatic carbocycles. The predicted octanol–water partition coefficient (Wildman–Crippen LogP) is 0.316. The van der Waals surface area contributed by atoms with Gasteiger partial charge in [-0.3, -0.25) is 19.3 Å². The minimum atomic E-state index is -3.38. The number of imide groups is 1. The largest absolute Gasteiger partial charge is 0.305 e. The van der Waals surface area contributed by atoms with E-state index in [1.807, 2.05) is 0 Å².